The Morgan fingerprint density at radius 2 is 2.35 bits per heavy atom. The molecule has 9 nitrogen and oxygen atoms in total. The van der Waals surface area contributed by atoms with E-state index in [-0.39, 0.29) is 17.3 Å². The van der Waals surface area contributed by atoms with Gasteiger partial charge in [0.2, 0.25) is 0 Å². The molecule has 0 spiro atoms. The summed E-state index contributed by atoms with van der Waals surface area (Å²) in [5.41, 5.74) is 0.286. The highest BCUT2D eigenvalue weighted by molar-refractivity contribution is 5.95. The molecule has 9 heteroatoms. The first-order valence-corrected chi connectivity index (χ1v) is 7.08. The van der Waals surface area contributed by atoms with E-state index in [9.17, 15) is 14.9 Å². The molecule has 1 aromatic carbocycles. The highest BCUT2D eigenvalue weighted by Gasteiger charge is 2.23. The van der Waals surface area contributed by atoms with Gasteiger partial charge in [-0.1, -0.05) is 0 Å². The summed E-state index contributed by atoms with van der Waals surface area (Å²) in [6, 6.07) is 4.44. The molecule has 23 heavy (non-hydrogen) atoms. The molecule has 1 atom stereocenters. The summed E-state index contributed by atoms with van der Waals surface area (Å²) in [7, 11) is 1.19. The second-order valence-electron chi connectivity index (χ2n) is 5.22. The quantitative estimate of drug-likeness (QED) is 0.515. The summed E-state index contributed by atoms with van der Waals surface area (Å²) in [4.78, 5) is 26.3. The maximum absolute atomic E-state index is 11.7. The number of ether oxygens (including phenoxy) is 1. The Balaban J connectivity index is 1.81. The van der Waals surface area contributed by atoms with E-state index in [1.165, 1.54) is 25.6 Å². The topological polar surface area (TPSA) is 112 Å². The predicted octanol–water partition coefficient (Wildman–Crippen LogP) is 1.40. The number of esters is 1. The SMILES string of the molecule is COC(=O)c1cc(NC2CCc3ncnn3C2)ccc1[N+](=O)[O-]. The van der Waals surface area contributed by atoms with Crippen LogP contribution in [0.4, 0.5) is 11.4 Å². The van der Waals surface area contributed by atoms with E-state index in [2.05, 4.69) is 20.1 Å². The summed E-state index contributed by atoms with van der Waals surface area (Å²) in [6.07, 6.45) is 3.19. The van der Waals surface area contributed by atoms with Gasteiger partial charge in [-0.3, -0.25) is 10.1 Å². The van der Waals surface area contributed by atoms with Gasteiger partial charge in [0.15, 0.2) is 0 Å². The Hall–Kier alpha value is -2.97. The van der Waals surface area contributed by atoms with E-state index in [0.717, 1.165) is 18.7 Å². The van der Waals surface area contributed by atoms with Crippen LogP contribution in [0.3, 0.4) is 0 Å². The van der Waals surface area contributed by atoms with Gasteiger partial charge in [-0.2, -0.15) is 5.10 Å². The van der Waals surface area contributed by atoms with E-state index < -0.39 is 10.9 Å². The van der Waals surface area contributed by atoms with Crippen LogP contribution in [0.25, 0.3) is 0 Å². The molecule has 0 saturated heterocycles. The highest BCUT2D eigenvalue weighted by Crippen LogP contribution is 2.25. The van der Waals surface area contributed by atoms with Gasteiger partial charge in [0, 0.05) is 24.2 Å². The third-order valence-electron chi connectivity index (χ3n) is 3.77. The lowest BCUT2D eigenvalue weighted by Gasteiger charge is -2.24. The van der Waals surface area contributed by atoms with Crippen molar-refractivity contribution in [1.82, 2.24) is 14.8 Å². The minimum Gasteiger partial charge on any atom is -0.465 e. The number of nitrogens with one attached hydrogen (secondary N) is 1. The van der Waals surface area contributed by atoms with Crippen LogP contribution in [-0.2, 0) is 17.7 Å². The molecule has 3 rings (SSSR count). The first-order valence-electron chi connectivity index (χ1n) is 7.08. The van der Waals surface area contributed by atoms with Gasteiger partial charge in [0.05, 0.1) is 18.6 Å². The lowest BCUT2D eigenvalue weighted by molar-refractivity contribution is -0.385. The van der Waals surface area contributed by atoms with Crippen molar-refractivity contribution in [1.29, 1.82) is 0 Å². The minimum atomic E-state index is -0.734. The van der Waals surface area contributed by atoms with E-state index in [4.69, 9.17) is 0 Å². The summed E-state index contributed by atoms with van der Waals surface area (Å²) in [5, 5.41) is 18.4. The van der Waals surface area contributed by atoms with Crippen LogP contribution in [0.15, 0.2) is 24.5 Å². The van der Waals surface area contributed by atoms with Crippen molar-refractivity contribution in [2.24, 2.45) is 0 Å². The number of nitro groups is 1. The minimum absolute atomic E-state index is 0.0697. The molecule has 0 fully saturated rings. The molecular weight excluding hydrogens is 302 g/mol. The number of hydrogen-bond acceptors (Lipinski definition) is 7. The number of nitro benzene ring substituents is 1. The molecule has 0 saturated carbocycles. The van der Waals surface area contributed by atoms with Crippen LogP contribution >= 0.6 is 0 Å². The zero-order valence-corrected chi connectivity index (χ0v) is 12.4. The lowest BCUT2D eigenvalue weighted by Crippen LogP contribution is -2.32. The van der Waals surface area contributed by atoms with E-state index in [1.54, 1.807) is 6.07 Å². The van der Waals surface area contributed by atoms with Crippen molar-refractivity contribution in [3.63, 3.8) is 0 Å². The van der Waals surface area contributed by atoms with Crippen molar-refractivity contribution in [2.75, 3.05) is 12.4 Å². The zero-order valence-electron chi connectivity index (χ0n) is 12.4. The van der Waals surface area contributed by atoms with E-state index >= 15 is 0 Å². The second-order valence-corrected chi connectivity index (χ2v) is 5.22. The van der Waals surface area contributed by atoms with Crippen molar-refractivity contribution in [3.8, 4) is 0 Å². The Morgan fingerprint density at radius 3 is 3.09 bits per heavy atom. The molecule has 2 heterocycles. The van der Waals surface area contributed by atoms with Gasteiger partial charge in [-0.15, -0.1) is 0 Å². The molecule has 1 unspecified atom stereocenters. The van der Waals surface area contributed by atoms with Gasteiger partial charge in [-0.25, -0.2) is 14.5 Å². The number of aromatic nitrogens is 3. The fraction of sp³-hybridized carbons (Fsp3) is 0.357. The molecule has 1 aromatic heterocycles. The van der Waals surface area contributed by atoms with Gasteiger partial charge < -0.3 is 10.1 Å². The summed E-state index contributed by atoms with van der Waals surface area (Å²) in [5.74, 6) is 0.213. The molecule has 0 amide bonds. The number of methoxy groups -OCH3 is 1. The van der Waals surface area contributed by atoms with Gasteiger partial charge in [0.25, 0.3) is 5.69 Å². The van der Waals surface area contributed by atoms with Crippen molar-refractivity contribution in [3.05, 3.63) is 46.0 Å². The molecule has 1 aliphatic rings. The maximum Gasteiger partial charge on any atom is 0.344 e. The maximum atomic E-state index is 11.7. The fourth-order valence-corrected chi connectivity index (χ4v) is 2.65. The third kappa shape index (κ3) is 2.98. The van der Waals surface area contributed by atoms with Gasteiger partial charge in [0.1, 0.15) is 17.7 Å². The van der Waals surface area contributed by atoms with E-state index in [1.807, 2.05) is 4.68 Å². The number of hydrogen-bond donors (Lipinski definition) is 1. The highest BCUT2D eigenvalue weighted by atomic mass is 16.6. The molecular formula is C14H15N5O4. The molecule has 0 aliphatic carbocycles. The molecule has 2 aromatic rings. The number of carbonyl (C=O) groups is 1. The molecule has 0 radical (unpaired) electrons. The molecule has 1 N–H and O–H groups in total. The number of benzene rings is 1. The number of anilines is 1. The van der Waals surface area contributed by atoms with Crippen LogP contribution in [0.2, 0.25) is 0 Å². The average molecular weight is 317 g/mol. The summed E-state index contributed by atoms with van der Waals surface area (Å²) < 4.78 is 6.44. The molecule has 1 aliphatic heterocycles. The number of aryl methyl sites for hydroxylation is 1. The first kappa shape index (κ1) is 14.9. The average Bonchev–Trinajstić information content (AvgIpc) is 3.01. The smallest absolute Gasteiger partial charge is 0.344 e. The standard InChI is InChI=1S/C14H15N5O4/c1-23-14(20)11-6-9(2-4-12(11)19(21)22)17-10-3-5-13-15-8-16-18(13)7-10/h2,4,6,8,10,17H,3,5,7H2,1H3. The number of rotatable bonds is 4. The van der Waals surface area contributed by atoms with Crippen LogP contribution in [0.1, 0.15) is 22.6 Å². The number of nitrogens with zero attached hydrogens (tertiary/aromatic N) is 4. The Bertz CT molecular complexity index is 757. The Morgan fingerprint density at radius 1 is 1.52 bits per heavy atom. The van der Waals surface area contributed by atoms with E-state index in [0.29, 0.717) is 12.2 Å². The molecule has 0 bridgehead atoms. The van der Waals surface area contributed by atoms with Crippen LogP contribution < -0.4 is 5.32 Å². The Kier molecular flexibility index (Phi) is 3.92. The Labute approximate surface area is 131 Å². The largest absolute Gasteiger partial charge is 0.465 e. The van der Waals surface area contributed by atoms with Gasteiger partial charge in [-0.05, 0) is 18.6 Å². The lowest BCUT2D eigenvalue weighted by atomic mass is 10.1. The van der Waals surface area contributed by atoms with Crippen molar-refractivity contribution >= 4 is 17.3 Å². The third-order valence-corrected chi connectivity index (χ3v) is 3.77. The first-order chi connectivity index (χ1) is 11.1. The van der Waals surface area contributed by atoms with Crippen LogP contribution in [-0.4, -0.2) is 38.8 Å². The number of fused-ring (bicyclic) bond motifs is 1. The monoisotopic (exact) mass is 317 g/mol. The number of carbonyl (C=O) groups excluding carboxylic acids is 1. The zero-order chi connectivity index (χ0) is 16.4. The van der Waals surface area contributed by atoms with Gasteiger partial charge >= 0.3 is 5.97 Å². The van der Waals surface area contributed by atoms with Crippen molar-refractivity contribution < 1.29 is 14.5 Å². The summed E-state index contributed by atoms with van der Waals surface area (Å²) in [6.45, 7) is 0.653. The fourth-order valence-electron chi connectivity index (χ4n) is 2.65. The van der Waals surface area contributed by atoms with Crippen LogP contribution in [0, 0.1) is 10.1 Å². The summed E-state index contributed by atoms with van der Waals surface area (Å²) >= 11 is 0. The normalized spacial score (nSPS) is 16.5. The predicted molar refractivity (Wildman–Crippen MR) is 80.2 cm³/mol. The van der Waals surface area contributed by atoms with Crippen molar-refractivity contribution in [2.45, 2.75) is 25.4 Å². The molecule has 120 valence electrons. The second kappa shape index (κ2) is 6.03. The van der Waals surface area contributed by atoms with Crippen LogP contribution in [0.5, 0.6) is 0 Å².